The smallest absolute Gasteiger partial charge is 0.417 e. The molecule has 3 aromatic rings. The maximum absolute atomic E-state index is 13.0. The second-order valence-corrected chi connectivity index (χ2v) is 7.48. The predicted molar refractivity (Wildman–Crippen MR) is 113 cm³/mol. The zero-order valence-corrected chi connectivity index (χ0v) is 17.3. The molecule has 1 aliphatic rings. The molecule has 160 valence electrons. The van der Waals surface area contributed by atoms with E-state index in [2.05, 4.69) is 9.97 Å². The molecule has 2 heterocycles. The van der Waals surface area contributed by atoms with E-state index in [0.717, 1.165) is 26.9 Å². The minimum absolute atomic E-state index is 0.0819. The summed E-state index contributed by atoms with van der Waals surface area (Å²) in [7, 11) is 1.55. The first-order valence-electron chi connectivity index (χ1n) is 9.98. The van der Waals surface area contributed by atoms with Gasteiger partial charge in [-0.3, -0.25) is 4.79 Å². The third-order valence-corrected chi connectivity index (χ3v) is 5.42. The number of aromatic nitrogens is 2. The van der Waals surface area contributed by atoms with Crippen molar-refractivity contribution in [2.45, 2.75) is 31.9 Å². The molecule has 1 saturated heterocycles. The number of fused-ring (bicyclic) bond motifs is 1. The van der Waals surface area contributed by atoms with E-state index in [-0.39, 0.29) is 6.42 Å². The zero-order chi connectivity index (χ0) is 22.0. The van der Waals surface area contributed by atoms with Gasteiger partial charge in [0.15, 0.2) is 6.10 Å². The molecule has 1 aromatic heterocycles. The number of aliphatic hydroxyl groups is 1. The van der Waals surface area contributed by atoms with Gasteiger partial charge in [-0.25, -0.2) is 19.7 Å². The van der Waals surface area contributed by atoms with Crippen molar-refractivity contribution in [1.82, 2.24) is 14.9 Å². The van der Waals surface area contributed by atoms with Gasteiger partial charge in [0.25, 0.3) is 0 Å². The minimum Gasteiger partial charge on any atom is -0.497 e. The third-order valence-electron chi connectivity index (χ3n) is 5.42. The molecule has 2 amide bonds. The van der Waals surface area contributed by atoms with Crippen LogP contribution in [0.5, 0.6) is 5.75 Å². The lowest BCUT2D eigenvalue weighted by Crippen LogP contribution is -2.41. The first kappa shape index (κ1) is 20.7. The highest BCUT2D eigenvalue weighted by atomic mass is 16.6. The molecular weight excluding hydrogens is 398 g/mol. The van der Waals surface area contributed by atoms with E-state index in [1.54, 1.807) is 19.4 Å². The Morgan fingerprint density at radius 1 is 1.29 bits per heavy atom. The molecule has 1 N–H and O–H groups in total. The Labute approximate surface area is 179 Å². The molecule has 31 heavy (non-hydrogen) atoms. The number of rotatable bonds is 6. The average molecular weight is 421 g/mol. The number of carbonyl (C=O) groups excluding carboxylic acids is 2. The molecule has 4 rings (SSSR count). The zero-order valence-electron chi connectivity index (χ0n) is 17.3. The summed E-state index contributed by atoms with van der Waals surface area (Å²) in [4.78, 5) is 34.9. The number of amides is 2. The van der Waals surface area contributed by atoms with Crippen LogP contribution in [0.25, 0.3) is 10.9 Å². The maximum Gasteiger partial charge on any atom is 0.417 e. The molecule has 2 atom stereocenters. The highest BCUT2D eigenvalue weighted by Gasteiger charge is 2.45. The van der Waals surface area contributed by atoms with Crippen LogP contribution in [0.1, 0.15) is 29.2 Å². The number of methoxy groups -OCH3 is 1. The Balaban J connectivity index is 1.54. The lowest BCUT2D eigenvalue weighted by Gasteiger charge is -2.22. The van der Waals surface area contributed by atoms with Crippen LogP contribution in [0.3, 0.4) is 0 Å². The van der Waals surface area contributed by atoms with Crippen molar-refractivity contribution in [2.75, 3.05) is 13.7 Å². The number of para-hydroxylation sites is 1. The molecule has 1 fully saturated rings. The van der Waals surface area contributed by atoms with Crippen molar-refractivity contribution < 1.29 is 24.2 Å². The van der Waals surface area contributed by atoms with Gasteiger partial charge in [0.05, 0.1) is 19.2 Å². The van der Waals surface area contributed by atoms with Crippen molar-refractivity contribution in [3.63, 3.8) is 0 Å². The molecule has 0 unspecified atom stereocenters. The molecule has 0 aliphatic carbocycles. The van der Waals surface area contributed by atoms with E-state index in [9.17, 15) is 14.7 Å². The minimum atomic E-state index is -0.804. The topological polar surface area (TPSA) is 102 Å². The van der Waals surface area contributed by atoms with Gasteiger partial charge < -0.3 is 14.6 Å². The molecule has 0 bridgehead atoms. The van der Waals surface area contributed by atoms with Crippen LogP contribution in [0.2, 0.25) is 0 Å². The standard InChI is InChI=1S/C23H23N3O5/c1-14-8-17(10-18(9-14)30-2)22-19(12-27)26(23(29)31-22)20(28)7-6-15-4-3-5-16-11-24-13-25-21(15)16/h3-5,8-11,13,19,22,27H,6-7,12H2,1-2H3/t19-,22+/m0/s1. The number of imide groups is 1. The van der Waals surface area contributed by atoms with Crippen LogP contribution in [0, 0.1) is 6.92 Å². The Kier molecular flexibility index (Phi) is 5.81. The van der Waals surface area contributed by atoms with E-state index in [1.807, 2.05) is 37.3 Å². The summed E-state index contributed by atoms with van der Waals surface area (Å²) in [6, 6.07) is 10.3. The Morgan fingerprint density at radius 2 is 2.13 bits per heavy atom. The third kappa shape index (κ3) is 4.06. The molecular formula is C23H23N3O5. The van der Waals surface area contributed by atoms with E-state index in [0.29, 0.717) is 17.7 Å². The maximum atomic E-state index is 13.0. The number of aliphatic hydroxyl groups excluding tert-OH is 1. The Hall–Kier alpha value is -3.52. The van der Waals surface area contributed by atoms with E-state index >= 15 is 0 Å². The number of nitrogens with zero attached hydrogens (tertiary/aromatic N) is 3. The predicted octanol–water partition coefficient (Wildman–Crippen LogP) is 2.96. The largest absolute Gasteiger partial charge is 0.497 e. The fraction of sp³-hybridized carbons (Fsp3) is 0.304. The van der Waals surface area contributed by atoms with E-state index in [1.165, 1.54) is 6.33 Å². The number of cyclic esters (lactones) is 1. The molecule has 1 aliphatic heterocycles. The molecule has 0 spiro atoms. The summed E-state index contributed by atoms with van der Waals surface area (Å²) in [6.45, 7) is 1.49. The SMILES string of the molecule is COc1cc(C)cc([C@H]2OC(=O)N(C(=O)CCc3cccc4cncnc34)[C@H]2CO)c1. The normalized spacial score (nSPS) is 18.3. The van der Waals surface area contributed by atoms with Gasteiger partial charge in [0.1, 0.15) is 18.1 Å². The average Bonchev–Trinajstić information content (AvgIpc) is 3.13. The van der Waals surface area contributed by atoms with Crippen LogP contribution in [-0.4, -0.2) is 51.7 Å². The van der Waals surface area contributed by atoms with Crippen LogP contribution >= 0.6 is 0 Å². The van der Waals surface area contributed by atoms with E-state index in [4.69, 9.17) is 9.47 Å². The van der Waals surface area contributed by atoms with Crippen molar-refractivity contribution >= 4 is 22.9 Å². The number of hydrogen-bond acceptors (Lipinski definition) is 7. The van der Waals surface area contributed by atoms with Crippen molar-refractivity contribution in [3.8, 4) is 5.75 Å². The highest BCUT2D eigenvalue weighted by Crippen LogP contribution is 2.35. The van der Waals surface area contributed by atoms with Gasteiger partial charge >= 0.3 is 6.09 Å². The van der Waals surface area contributed by atoms with Crippen LogP contribution in [0.15, 0.2) is 48.9 Å². The Morgan fingerprint density at radius 3 is 2.90 bits per heavy atom. The van der Waals surface area contributed by atoms with Gasteiger partial charge in [-0.15, -0.1) is 0 Å². The highest BCUT2D eigenvalue weighted by molar-refractivity contribution is 5.94. The monoisotopic (exact) mass is 421 g/mol. The fourth-order valence-corrected chi connectivity index (χ4v) is 3.97. The quantitative estimate of drug-likeness (QED) is 0.653. The van der Waals surface area contributed by atoms with Crippen LogP contribution < -0.4 is 4.74 Å². The summed E-state index contributed by atoms with van der Waals surface area (Å²) in [5.41, 5.74) is 3.26. The molecule has 8 nitrogen and oxygen atoms in total. The Bertz CT molecular complexity index is 1130. The van der Waals surface area contributed by atoms with Crippen molar-refractivity contribution in [2.24, 2.45) is 0 Å². The summed E-state index contributed by atoms with van der Waals surface area (Å²) in [5.74, 6) is 0.211. The second-order valence-electron chi connectivity index (χ2n) is 7.48. The summed E-state index contributed by atoms with van der Waals surface area (Å²) < 4.78 is 10.8. The van der Waals surface area contributed by atoms with Crippen molar-refractivity contribution in [3.05, 3.63) is 65.6 Å². The van der Waals surface area contributed by atoms with E-state index < -0.39 is 30.8 Å². The molecule has 0 radical (unpaired) electrons. The summed E-state index contributed by atoms with van der Waals surface area (Å²) in [5, 5.41) is 10.9. The fourth-order valence-electron chi connectivity index (χ4n) is 3.97. The first-order valence-corrected chi connectivity index (χ1v) is 9.98. The summed E-state index contributed by atoms with van der Waals surface area (Å²) in [6.07, 6.45) is 2.15. The van der Waals surface area contributed by atoms with Gasteiger partial charge in [-0.1, -0.05) is 24.3 Å². The number of benzene rings is 2. The summed E-state index contributed by atoms with van der Waals surface area (Å²) >= 11 is 0. The lowest BCUT2D eigenvalue weighted by atomic mass is 9.99. The number of carbonyl (C=O) groups is 2. The first-order chi connectivity index (χ1) is 15.0. The molecule has 2 aromatic carbocycles. The number of ether oxygens (including phenoxy) is 2. The second kappa shape index (κ2) is 8.69. The number of hydrogen-bond donors (Lipinski definition) is 1. The van der Waals surface area contributed by atoms with Gasteiger partial charge in [0.2, 0.25) is 5.91 Å². The van der Waals surface area contributed by atoms with Gasteiger partial charge in [-0.05, 0) is 42.2 Å². The van der Waals surface area contributed by atoms with Crippen LogP contribution in [0.4, 0.5) is 4.79 Å². The van der Waals surface area contributed by atoms with Gasteiger partial charge in [0, 0.05) is 18.0 Å². The van der Waals surface area contributed by atoms with Gasteiger partial charge in [-0.2, -0.15) is 0 Å². The molecule has 0 saturated carbocycles. The van der Waals surface area contributed by atoms with Crippen LogP contribution in [-0.2, 0) is 16.0 Å². The molecule has 8 heteroatoms. The van der Waals surface area contributed by atoms with Crippen molar-refractivity contribution in [1.29, 1.82) is 0 Å². The lowest BCUT2D eigenvalue weighted by molar-refractivity contribution is -0.129. The number of aryl methyl sites for hydroxylation is 2.